The Hall–Kier alpha value is -1.39. The molecule has 0 rings (SSSR count). The Morgan fingerprint density at radius 1 is 1.29 bits per heavy atom. The van der Waals surface area contributed by atoms with E-state index in [2.05, 4.69) is 4.74 Å². The van der Waals surface area contributed by atoms with Crippen LogP contribution in [-0.4, -0.2) is 23.0 Å². The van der Waals surface area contributed by atoms with Gasteiger partial charge in [-0.05, 0) is 0 Å². The van der Waals surface area contributed by atoms with E-state index in [1.807, 2.05) is 0 Å². The van der Waals surface area contributed by atoms with Crippen molar-refractivity contribution in [2.24, 2.45) is 5.92 Å². The SMILES string of the molecule is CC(=O)O.CCC(=O)OC(=O)C(C)C. The number of ether oxygens (including phenoxy) is 1. The fourth-order valence-corrected chi connectivity index (χ4v) is 0.302. The zero-order valence-electron chi connectivity index (χ0n) is 8.86. The molecule has 1 N–H and O–H groups in total. The topological polar surface area (TPSA) is 80.7 Å². The van der Waals surface area contributed by atoms with Gasteiger partial charge in [-0.25, -0.2) is 0 Å². The summed E-state index contributed by atoms with van der Waals surface area (Å²) in [6.07, 6.45) is 0.248. The molecule has 0 atom stereocenters. The van der Waals surface area contributed by atoms with Gasteiger partial charge in [-0.15, -0.1) is 0 Å². The molecular formula is C9H16O5. The average molecular weight is 204 g/mol. The summed E-state index contributed by atoms with van der Waals surface area (Å²) in [4.78, 5) is 30.2. The summed E-state index contributed by atoms with van der Waals surface area (Å²) in [7, 11) is 0. The molecule has 0 unspecified atom stereocenters. The Balaban J connectivity index is 0. The molecule has 0 radical (unpaired) electrons. The molecule has 0 aromatic carbocycles. The van der Waals surface area contributed by atoms with Crippen molar-refractivity contribution in [1.82, 2.24) is 0 Å². The molecule has 0 saturated carbocycles. The van der Waals surface area contributed by atoms with E-state index in [9.17, 15) is 9.59 Å². The first-order valence-electron chi connectivity index (χ1n) is 4.25. The van der Waals surface area contributed by atoms with Crippen molar-refractivity contribution in [3.8, 4) is 0 Å². The number of carboxylic acid groups (broad SMARTS) is 1. The van der Waals surface area contributed by atoms with E-state index in [0.717, 1.165) is 6.92 Å². The lowest BCUT2D eigenvalue weighted by Crippen LogP contribution is -2.16. The van der Waals surface area contributed by atoms with Crippen LogP contribution < -0.4 is 0 Å². The van der Waals surface area contributed by atoms with E-state index in [-0.39, 0.29) is 12.3 Å². The van der Waals surface area contributed by atoms with Gasteiger partial charge in [0, 0.05) is 13.3 Å². The number of carbonyl (C=O) groups is 3. The maximum atomic E-state index is 10.7. The van der Waals surface area contributed by atoms with Crippen molar-refractivity contribution in [3.05, 3.63) is 0 Å². The number of esters is 2. The molecule has 0 aromatic heterocycles. The standard InChI is InChI=1S/C7H12O3.C2H4O2/c1-4-6(8)10-7(9)5(2)3;1-2(3)4/h5H,4H2,1-3H3;1H3,(H,3,4). The first-order chi connectivity index (χ1) is 6.31. The molecule has 0 spiro atoms. The van der Waals surface area contributed by atoms with E-state index in [0.29, 0.717) is 0 Å². The Kier molecular flexibility index (Phi) is 8.86. The maximum absolute atomic E-state index is 10.7. The minimum atomic E-state index is -0.833. The van der Waals surface area contributed by atoms with Gasteiger partial charge in [0.1, 0.15) is 0 Å². The average Bonchev–Trinajstić information content (AvgIpc) is 2.02. The molecule has 14 heavy (non-hydrogen) atoms. The maximum Gasteiger partial charge on any atom is 0.316 e. The summed E-state index contributed by atoms with van der Waals surface area (Å²) in [5.74, 6) is -1.97. The van der Waals surface area contributed by atoms with Crippen molar-refractivity contribution in [2.45, 2.75) is 34.1 Å². The summed E-state index contributed by atoms with van der Waals surface area (Å²) >= 11 is 0. The molecule has 0 fully saturated rings. The van der Waals surface area contributed by atoms with Crippen molar-refractivity contribution in [3.63, 3.8) is 0 Å². The predicted molar refractivity (Wildman–Crippen MR) is 49.5 cm³/mol. The number of carboxylic acids is 1. The van der Waals surface area contributed by atoms with Crippen LogP contribution in [0.1, 0.15) is 34.1 Å². The van der Waals surface area contributed by atoms with Crippen LogP contribution in [-0.2, 0) is 19.1 Å². The summed E-state index contributed by atoms with van der Waals surface area (Å²) in [6, 6.07) is 0. The summed E-state index contributed by atoms with van der Waals surface area (Å²) in [5, 5.41) is 7.42. The largest absolute Gasteiger partial charge is 0.481 e. The molecule has 5 heteroatoms. The van der Waals surface area contributed by atoms with Gasteiger partial charge >= 0.3 is 11.9 Å². The normalized spacial score (nSPS) is 8.64. The summed E-state index contributed by atoms with van der Waals surface area (Å²) in [5.41, 5.74) is 0. The number of aliphatic carboxylic acids is 1. The fourth-order valence-electron chi connectivity index (χ4n) is 0.302. The van der Waals surface area contributed by atoms with Crippen LogP contribution in [0.3, 0.4) is 0 Å². The molecule has 0 aliphatic heterocycles. The number of rotatable bonds is 2. The molecule has 0 bridgehead atoms. The highest BCUT2D eigenvalue weighted by Crippen LogP contribution is 1.96. The van der Waals surface area contributed by atoms with Crippen LogP contribution in [0.15, 0.2) is 0 Å². The fraction of sp³-hybridized carbons (Fsp3) is 0.667. The van der Waals surface area contributed by atoms with E-state index in [4.69, 9.17) is 9.90 Å². The predicted octanol–water partition coefficient (Wildman–Crippen LogP) is 1.21. The Labute approximate surface area is 83.1 Å². The Morgan fingerprint density at radius 3 is 1.86 bits per heavy atom. The molecule has 0 amide bonds. The number of carbonyl (C=O) groups excluding carboxylic acids is 2. The molecular weight excluding hydrogens is 188 g/mol. The highest BCUT2D eigenvalue weighted by atomic mass is 16.6. The highest BCUT2D eigenvalue weighted by Gasteiger charge is 2.11. The first-order valence-corrected chi connectivity index (χ1v) is 4.25. The van der Waals surface area contributed by atoms with E-state index in [1.165, 1.54) is 0 Å². The van der Waals surface area contributed by atoms with Gasteiger partial charge in [0.05, 0.1) is 5.92 Å². The minimum Gasteiger partial charge on any atom is -0.481 e. The van der Waals surface area contributed by atoms with Gasteiger partial charge in [-0.2, -0.15) is 0 Å². The van der Waals surface area contributed by atoms with E-state index >= 15 is 0 Å². The van der Waals surface area contributed by atoms with Crippen LogP contribution in [0.2, 0.25) is 0 Å². The second-order valence-electron chi connectivity index (χ2n) is 2.82. The van der Waals surface area contributed by atoms with Crippen LogP contribution in [0.25, 0.3) is 0 Å². The van der Waals surface area contributed by atoms with Gasteiger partial charge in [0.15, 0.2) is 0 Å². The smallest absolute Gasteiger partial charge is 0.316 e. The third-order valence-electron chi connectivity index (χ3n) is 0.975. The molecule has 82 valence electrons. The monoisotopic (exact) mass is 204 g/mol. The number of hydrogen-bond donors (Lipinski definition) is 1. The second-order valence-corrected chi connectivity index (χ2v) is 2.82. The van der Waals surface area contributed by atoms with Crippen LogP contribution in [0, 0.1) is 5.92 Å². The summed E-state index contributed by atoms with van der Waals surface area (Å²) in [6.45, 7) is 6.10. The van der Waals surface area contributed by atoms with E-state index < -0.39 is 17.9 Å². The van der Waals surface area contributed by atoms with Gasteiger partial charge in [-0.3, -0.25) is 14.4 Å². The van der Waals surface area contributed by atoms with Gasteiger partial charge < -0.3 is 9.84 Å². The second kappa shape index (κ2) is 8.22. The van der Waals surface area contributed by atoms with Crippen molar-refractivity contribution < 1.29 is 24.2 Å². The van der Waals surface area contributed by atoms with Crippen molar-refractivity contribution in [1.29, 1.82) is 0 Å². The molecule has 0 aromatic rings. The van der Waals surface area contributed by atoms with Crippen LogP contribution >= 0.6 is 0 Å². The van der Waals surface area contributed by atoms with Gasteiger partial charge in [-0.1, -0.05) is 20.8 Å². The van der Waals surface area contributed by atoms with Crippen molar-refractivity contribution in [2.75, 3.05) is 0 Å². The third-order valence-corrected chi connectivity index (χ3v) is 0.975. The van der Waals surface area contributed by atoms with Gasteiger partial charge in [0.25, 0.3) is 5.97 Å². The van der Waals surface area contributed by atoms with Crippen LogP contribution in [0.5, 0.6) is 0 Å². The zero-order valence-corrected chi connectivity index (χ0v) is 8.86. The molecule has 0 saturated heterocycles. The third kappa shape index (κ3) is 13.2. The first kappa shape index (κ1) is 15.1. The zero-order chi connectivity index (χ0) is 11.7. The lowest BCUT2D eigenvalue weighted by molar-refractivity contribution is -0.161. The molecule has 0 heterocycles. The number of hydrogen-bond acceptors (Lipinski definition) is 4. The lowest BCUT2D eigenvalue weighted by Gasteiger charge is -2.02. The van der Waals surface area contributed by atoms with Crippen molar-refractivity contribution >= 4 is 17.9 Å². The minimum absolute atomic E-state index is 0.226. The highest BCUT2D eigenvalue weighted by molar-refractivity contribution is 5.86. The molecule has 0 aliphatic rings. The molecule has 0 aliphatic carbocycles. The van der Waals surface area contributed by atoms with Crippen LogP contribution in [0.4, 0.5) is 0 Å². The van der Waals surface area contributed by atoms with E-state index in [1.54, 1.807) is 20.8 Å². The Morgan fingerprint density at radius 2 is 1.64 bits per heavy atom. The quantitative estimate of drug-likeness (QED) is 0.540. The Bertz CT molecular complexity index is 203. The van der Waals surface area contributed by atoms with Gasteiger partial charge in [0.2, 0.25) is 0 Å². The summed E-state index contributed by atoms with van der Waals surface area (Å²) < 4.78 is 4.38. The lowest BCUT2D eigenvalue weighted by atomic mass is 10.2. The molecule has 5 nitrogen and oxygen atoms in total.